The van der Waals surface area contributed by atoms with Crippen LogP contribution in [0.3, 0.4) is 0 Å². The third kappa shape index (κ3) is 7.75. The van der Waals surface area contributed by atoms with Crippen molar-refractivity contribution in [3.05, 3.63) is 60.2 Å². The van der Waals surface area contributed by atoms with Gasteiger partial charge in [0.25, 0.3) is 0 Å². The number of hydrogen-bond donors (Lipinski definition) is 1. The molecule has 1 aromatic carbocycles. The first-order chi connectivity index (χ1) is 14.3. The van der Waals surface area contributed by atoms with E-state index < -0.39 is 0 Å². The van der Waals surface area contributed by atoms with Crippen LogP contribution in [0.1, 0.15) is 24.2 Å². The van der Waals surface area contributed by atoms with E-state index in [-0.39, 0.29) is 24.0 Å². The van der Waals surface area contributed by atoms with Crippen molar-refractivity contribution in [1.29, 1.82) is 0 Å². The number of guanidine groups is 1. The number of hydrogen-bond acceptors (Lipinski definition) is 3. The summed E-state index contributed by atoms with van der Waals surface area (Å²) in [4.78, 5) is 13.6. The first-order valence-electron chi connectivity index (χ1n) is 10.6. The molecule has 3 rings (SSSR count). The molecule has 1 aliphatic rings. The number of imidazole rings is 1. The van der Waals surface area contributed by atoms with E-state index in [0.29, 0.717) is 0 Å². The number of aryl methyl sites for hydroxylation is 2. The number of nitrogens with zero attached hydrogens (tertiary/aromatic N) is 5. The molecule has 2 heterocycles. The maximum absolute atomic E-state index is 4.48. The number of aromatic nitrogens is 2. The summed E-state index contributed by atoms with van der Waals surface area (Å²) in [5, 5.41) is 3.53. The Bertz CT molecular complexity index is 778. The fourth-order valence-corrected chi connectivity index (χ4v) is 3.62. The molecule has 2 aromatic rings. The molecule has 0 atom stereocenters. The Morgan fingerprint density at radius 1 is 1.13 bits per heavy atom. The number of rotatable bonds is 8. The number of aliphatic imine (C=N–C) groups is 1. The molecule has 1 saturated heterocycles. The third-order valence-electron chi connectivity index (χ3n) is 5.39. The average Bonchev–Trinajstić information content (AvgIpc) is 3.17. The van der Waals surface area contributed by atoms with E-state index >= 15 is 0 Å². The molecule has 1 aliphatic heterocycles. The van der Waals surface area contributed by atoms with Gasteiger partial charge in [-0.25, -0.2) is 4.98 Å². The summed E-state index contributed by atoms with van der Waals surface area (Å²) in [6, 6.07) is 10.5. The molecule has 6 nitrogen and oxygen atoms in total. The lowest BCUT2D eigenvalue weighted by Gasteiger charge is -2.36. The number of halogens is 1. The summed E-state index contributed by atoms with van der Waals surface area (Å²) in [7, 11) is 1.88. The molecule has 0 unspecified atom stereocenters. The smallest absolute Gasteiger partial charge is 0.193 e. The van der Waals surface area contributed by atoms with Crippen LogP contribution in [0.15, 0.2) is 53.8 Å². The number of benzene rings is 1. The minimum Gasteiger partial charge on any atom is -0.356 e. The normalized spacial score (nSPS) is 15.4. The van der Waals surface area contributed by atoms with E-state index in [2.05, 4.69) is 85.3 Å². The van der Waals surface area contributed by atoms with Crippen molar-refractivity contribution in [2.24, 2.45) is 4.99 Å². The zero-order chi connectivity index (χ0) is 20.3. The highest BCUT2D eigenvalue weighted by Crippen LogP contribution is 2.05. The molecule has 0 bridgehead atoms. The Hall–Kier alpha value is -1.87. The van der Waals surface area contributed by atoms with Gasteiger partial charge in [-0.05, 0) is 25.3 Å². The van der Waals surface area contributed by atoms with Crippen LogP contribution in [-0.4, -0.2) is 71.6 Å². The lowest BCUT2D eigenvalue weighted by Crippen LogP contribution is -2.52. The predicted octanol–water partition coefficient (Wildman–Crippen LogP) is 3.50. The topological polar surface area (TPSA) is 48.7 Å². The number of unbranched alkanes of at least 4 members (excludes halogenated alkanes) is 1. The highest BCUT2D eigenvalue weighted by molar-refractivity contribution is 14.0. The van der Waals surface area contributed by atoms with Crippen LogP contribution >= 0.6 is 24.0 Å². The molecular weight excluding hydrogens is 487 g/mol. The fourth-order valence-electron chi connectivity index (χ4n) is 3.62. The molecule has 0 aliphatic carbocycles. The quantitative estimate of drug-likeness (QED) is 0.250. The second-order valence-corrected chi connectivity index (χ2v) is 7.45. The minimum absolute atomic E-state index is 0. The van der Waals surface area contributed by atoms with Crippen LogP contribution in [0.2, 0.25) is 0 Å². The van der Waals surface area contributed by atoms with Crippen LogP contribution in [0, 0.1) is 6.92 Å². The van der Waals surface area contributed by atoms with Gasteiger partial charge in [0.2, 0.25) is 0 Å². The van der Waals surface area contributed by atoms with Gasteiger partial charge in [0.1, 0.15) is 5.82 Å². The monoisotopic (exact) mass is 522 g/mol. The second-order valence-electron chi connectivity index (χ2n) is 7.45. The third-order valence-corrected chi connectivity index (χ3v) is 5.39. The Kier molecular flexibility index (Phi) is 10.9. The molecule has 30 heavy (non-hydrogen) atoms. The molecule has 1 fully saturated rings. The highest BCUT2D eigenvalue weighted by Gasteiger charge is 2.18. The van der Waals surface area contributed by atoms with Crippen LogP contribution in [-0.2, 0) is 6.54 Å². The van der Waals surface area contributed by atoms with E-state index in [0.717, 1.165) is 70.4 Å². The second kappa shape index (κ2) is 13.4. The minimum atomic E-state index is 0. The first kappa shape index (κ1) is 24.4. The lowest BCUT2D eigenvalue weighted by atomic mass is 10.2. The van der Waals surface area contributed by atoms with Gasteiger partial charge in [-0.15, -0.1) is 24.0 Å². The van der Waals surface area contributed by atoms with E-state index in [1.807, 2.05) is 13.2 Å². The summed E-state index contributed by atoms with van der Waals surface area (Å²) in [5.74, 6) is 2.12. The lowest BCUT2D eigenvalue weighted by molar-refractivity contribution is 0.194. The van der Waals surface area contributed by atoms with Crippen molar-refractivity contribution >= 4 is 36.0 Å². The molecule has 0 radical (unpaired) electrons. The van der Waals surface area contributed by atoms with Gasteiger partial charge in [-0.3, -0.25) is 9.89 Å². The first-order valence-corrected chi connectivity index (χ1v) is 10.6. The Morgan fingerprint density at radius 3 is 2.57 bits per heavy atom. The highest BCUT2D eigenvalue weighted by atomic mass is 127. The van der Waals surface area contributed by atoms with Gasteiger partial charge in [-0.1, -0.05) is 42.5 Å². The average molecular weight is 522 g/mol. The Morgan fingerprint density at radius 2 is 1.90 bits per heavy atom. The van der Waals surface area contributed by atoms with E-state index in [4.69, 9.17) is 0 Å². The Labute approximate surface area is 198 Å². The molecule has 7 heteroatoms. The zero-order valence-electron chi connectivity index (χ0n) is 18.2. The summed E-state index contributed by atoms with van der Waals surface area (Å²) >= 11 is 0. The van der Waals surface area contributed by atoms with Gasteiger partial charge in [0.15, 0.2) is 5.96 Å². The molecule has 164 valence electrons. The van der Waals surface area contributed by atoms with Gasteiger partial charge in [0, 0.05) is 65.3 Å². The maximum atomic E-state index is 4.48. The van der Waals surface area contributed by atoms with Crippen molar-refractivity contribution in [2.45, 2.75) is 26.3 Å². The molecule has 0 saturated carbocycles. The molecule has 0 amide bonds. The maximum Gasteiger partial charge on any atom is 0.193 e. The van der Waals surface area contributed by atoms with Crippen LogP contribution < -0.4 is 5.32 Å². The van der Waals surface area contributed by atoms with E-state index in [1.165, 1.54) is 5.56 Å². The van der Waals surface area contributed by atoms with Gasteiger partial charge in [0.05, 0.1) is 0 Å². The zero-order valence-corrected chi connectivity index (χ0v) is 20.5. The summed E-state index contributed by atoms with van der Waals surface area (Å²) < 4.78 is 2.21. The van der Waals surface area contributed by atoms with Crippen LogP contribution in [0.5, 0.6) is 0 Å². The van der Waals surface area contributed by atoms with Crippen LogP contribution in [0.4, 0.5) is 0 Å². The molecule has 0 spiro atoms. The number of nitrogens with one attached hydrogen (secondary N) is 1. The summed E-state index contributed by atoms with van der Waals surface area (Å²) in [6.45, 7) is 9.22. The number of piperazine rings is 1. The van der Waals surface area contributed by atoms with Gasteiger partial charge in [-0.2, -0.15) is 0 Å². The van der Waals surface area contributed by atoms with Gasteiger partial charge >= 0.3 is 0 Å². The van der Waals surface area contributed by atoms with Crippen molar-refractivity contribution in [2.75, 3.05) is 46.3 Å². The standard InChI is InChI=1S/C23H34N6.HI/c1-21-25-13-16-28(21)15-7-6-12-26-23(24-2)29-19-17-27(18-20-29)14-8-11-22-9-4-3-5-10-22;/h3-5,8-11,13,16H,6-7,12,14-15,17-20H2,1-2H3,(H,24,26);1H/b11-8+;. The van der Waals surface area contributed by atoms with Gasteiger partial charge < -0.3 is 14.8 Å². The Balaban J connectivity index is 0.00000320. The van der Waals surface area contributed by atoms with Crippen molar-refractivity contribution in [3.63, 3.8) is 0 Å². The van der Waals surface area contributed by atoms with Crippen molar-refractivity contribution in [3.8, 4) is 0 Å². The van der Waals surface area contributed by atoms with E-state index in [1.54, 1.807) is 0 Å². The molecule has 1 N–H and O–H groups in total. The largest absolute Gasteiger partial charge is 0.356 e. The fraction of sp³-hybridized carbons (Fsp3) is 0.478. The molecule has 1 aromatic heterocycles. The summed E-state index contributed by atoms with van der Waals surface area (Å²) in [5.41, 5.74) is 1.26. The van der Waals surface area contributed by atoms with E-state index in [9.17, 15) is 0 Å². The SMILES string of the molecule is CN=C(NCCCCn1ccnc1C)N1CCN(C/C=C/c2ccccc2)CC1.I. The van der Waals surface area contributed by atoms with Crippen molar-refractivity contribution in [1.82, 2.24) is 24.7 Å². The van der Waals surface area contributed by atoms with Crippen molar-refractivity contribution < 1.29 is 0 Å². The summed E-state index contributed by atoms with van der Waals surface area (Å²) in [6.07, 6.45) is 10.7. The molecular formula is C23H35IN6. The van der Waals surface area contributed by atoms with Crippen LogP contribution in [0.25, 0.3) is 6.08 Å². The predicted molar refractivity (Wildman–Crippen MR) is 136 cm³/mol.